The fourth-order valence-corrected chi connectivity index (χ4v) is 8.73. The molecule has 40 heavy (non-hydrogen) atoms. The quantitative estimate of drug-likeness (QED) is 0.186. The third-order valence-corrected chi connectivity index (χ3v) is 10.5. The van der Waals surface area contributed by atoms with Crippen LogP contribution in [0.2, 0.25) is 0 Å². The summed E-state index contributed by atoms with van der Waals surface area (Å²) >= 11 is 3.77. The van der Waals surface area contributed by atoms with Crippen LogP contribution in [0.4, 0.5) is 22.7 Å². The van der Waals surface area contributed by atoms with E-state index in [4.69, 9.17) is 0 Å². The van der Waals surface area contributed by atoms with Gasteiger partial charge in [-0.1, -0.05) is 113 Å². The summed E-state index contributed by atoms with van der Waals surface area (Å²) in [6, 6.07) is 48.5. The van der Waals surface area contributed by atoms with E-state index < -0.39 is 8.22 Å². The highest BCUT2D eigenvalue weighted by Crippen LogP contribution is 2.66. The predicted molar refractivity (Wildman–Crippen MR) is 177 cm³/mol. The Labute approximate surface area is 245 Å². The van der Waals surface area contributed by atoms with E-state index in [0.717, 1.165) is 4.47 Å². The number of aryl methyl sites for hydroxylation is 2. The van der Waals surface area contributed by atoms with Crippen molar-refractivity contribution in [1.82, 2.24) is 0 Å². The van der Waals surface area contributed by atoms with Crippen molar-refractivity contribution < 1.29 is 0 Å². The van der Waals surface area contributed by atoms with Gasteiger partial charge in [0.25, 0.3) is 0 Å². The van der Waals surface area contributed by atoms with Gasteiger partial charge in [0.15, 0.2) is 0 Å². The molecule has 1 aliphatic heterocycles. The fourth-order valence-electron chi connectivity index (χ4n) is 5.83. The summed E-state index contributed by atoms with van der Waals surface area (Å²) in [4.78, 5) is 0. The average Bonchev–Trinajstić information content (AvgIpc) is 3.32. The minimum atomic E-state index is -0.966. The summed E-state index contributed by atoms with van der Waals surface area (Å²) in [5, 5.41) is 3.89. The van der Waals surface area contributed by atoms with Crippen LogP contribution in [0, 0.1) is 13.8 Å². The number of fused-ring (bicyclic) bond motifs is 2. The normalized spacial score (nSPS) is 14.5. The van der Waals surface area contributed by atoms with E-state index in [2.05, 4.69) is 173 Å². The zero-order valence-electron chi connectivity index (χ0n) is 22.4. The topological polar surface area (TPSA) is 6.48 Å². The smallest absolute Gasteiger partial charge is 0.138 e. The maximum atomic E-state index is 3.77. The van der Waals surface area contributed by atoms with Crippen molar-refractivity contribution in [2.75, 3.05) is 9.34 Å². The number of hydrogen-bond donors (Lipinski definition) is 0. The van der Waals surface area contributed by atoms with Crippen molar-refractivity contribution in [3.8, 4) is 11.1 Å². The molecular formula is C36H28BrN2P. The molecule has 7 rings (SSSR count). The van der Waals surface area contributed by atoms with Crippen LogP contribution in [-0.2, 0) is 0 Å². The molecular weight excluding hydrogens is 571 g/mol. The van der Waals surface area contributed by atoms with E-state index in [1.807, 2.05) is 0 Å². The lowest BCUT2D eigenvalue weighted by molar-refractivity contribution is 1.43. The van der Waals surface area contributed by atoms with Crippen LogP contribution in [0.25, 0.3) is 21.9 Å². The van der Waals surface area contributed by atoms with Crippen LogP contribution in [-0.4, -0.2) is 0 Å². The lowest BCUT2D eigenvalue weighted by Gasteiger charge is -2.33. The molecule has 0 bridgehead atoms. The summed E-state index contributed by atoms with van der Waals surface area (Å²) in [6.45, 7) is 4.44. The molecule has 0 aliphatic carbocycles. The van der Waals surface area contributed by atoms with E-state index in [1.54, 1.807) is 0 Å². The minimum absolute atomic E-state index is 0.966. The van der Waals surface area contributed by atoms with Gasteiger partial charge in [0.1, 0.15) is 8.22 Å². The van der Waals surface area contributed by atoms with Gasteiger partial charge in [-0.05, 0) is 77.9 Å². The van der Waals surface area contributed by atoms with Crippen LogP contribution < -0.4 is 14.6 Å². The summed E-state index contributed by atoms with van der Waals surface area (Å²) < 4.78 is 6.19. The molecule has 0 radical (unpaired) electrons. The van der Waals surface area contributed by atoms with Crippen molar-refractivity contribution in [1.29, 1.82) is 0 Å². The van der Waals surface area contributed by atoms with Crippen LogP contribution in [0.1, 0.15) is 11.1 Å². The Morgan fingerprint density at radius 1 is 0.525 bits per heavy atom. The van der Waals surface area contributed by atoms with Crippen molar-refractivity contribution in [3.63, 3.8) is 0 Å². The number of nitrogens with zero attached hydrogens (tertiary/aromatic N) is 2. The predicted octanol–water partition coefficient (Wildman–Crippen LogP) is 10.8. The molecule has 0 saturated carbocycles. The molecule has 0 N–H and O–H groups in total. The molecule has 194 valence electrons. The van der Waals surface area contributed by atoms with Gasteiger partial charge >= 0.3 is 0 Å². The first-order chi connectivity index (χ1) is 19.6. The number of anilines is 4. The minimum Gasteiger partial charge on any atom is -0.296 e. The van der Waals surface area contributed by atoms with Crippen molar-refractivity contribution >= 4 is 63.0 Å². The monoisotopic (exact) mass is 598 g/mol. The zero-order valence-corrected chi connectivity index (χ0v) is 24.9. The molecule has 1 atom stereocenters. The third-order valence-electron chi connectivity index (χ3n) is 7.65. The zero-order chi connectivity index (χ0) is 27.2. The van der Waals surface area contributed by atoms with Crippen molar-refractivity contribution in [3.05, 3.63) is 149 Å². The second-order valence-electron chi connectivity index (χ2n) is 10.2. The van der Waals surface area contributed by atoms with Crippen LogP contribution in [0.5, 0.6) is 0 Å². The lowest BCUT2D eigenvalue weighted by atomic mass is 9.92. The van der Waals surface area contributed by atoms with Gasteiger partial charge in [-0.15, -0.1) is 0 Å². The molecule has 0 saturated heterocycles. The van der Waals surface area contributed by atoms with Crippen LogP contribution in [0.15, 0.2) is 138 Å². The Hall–Kier alpha value is -3.91. The second-order valence-corrected chi connectivity index (χ2v) is 13.0. The van der Waals surface area contributed by atoms with Crippen molar-refractivity contribution in [2.45, 2.75) is 13.8 Å². The first kappa shape index (κ1) is 25.1. The Kier molecular flexibility index (Phi) is 6.42. The Morgan fingerprint density at radius 3 is 1.98 bits per heavy atom. The van der Waals surface area contributed by atoms with E-state index in [1.165, 1.54) is 61.1 Å². The number of benzene rings is 6. The van der Waals surface area contributed by atoms with Gasteiger partial charge in [0.2, 0.25) is 0 Å². The van der Waals surface area contributed by atoms with Gasteiger partial charge in [0, 0.05) is 20.9 Å². The van der Waals surface area contributed by atoms with E-state index >= 15 is 0 Å². The Bertz CT molecular complexity index is 1850. The van der Waals surface area contributed by atoms with Gasteiger partial charge in [-0.2, -0.15) is 0 Å². The maximum Gasteiger partial charge on any atom is 0.138 e. The molecule has 1 aliphatic rings. The lowest BCUT2D eigenvalue weighted by Crippen LogP contribution is -2.22. The van der Waals surface area contributed by atoms with Gasteiger partial charge in [0.05, 0.1) is 17.1 Å². The van der Waals surface area contributed by atoms with Crippen LogP contribution >= 0.6 is 24.2 Å². The summed E-state index contributed by atoms with van der Waals surface area (Å²) in [5.41, 5.74) is 10.00. The molecule has 0 aromatic heterocycles. The van der Waals surface area contributed by atoms with Gasteiger partial charge < -0.3 is 0 Å². The summed E-state index contributed by atoms with van der Waals surface area (Å²) in [5.74, 6) is 0. The number of para-hydroxylation sites is 1. The molecule has 0 amide bonds. The molecule has 0 spiro atoms. The maximum absolute atomic E-state index is 3.77. The standard InChI is InChI=1S/C36H28BrN2P/c1-25-12-9-10-17-30(25)31-18-11-19-32-33(22-20-26(2)36(31)32)39-34-23-21-27(37)24-35(34)38(28-13-5-3-6-14-28)40(39)29-15-7-4-8-16-29/h3-24H,1-2H3. The molecule has 0 fully saturated rings. The van der Waals surface area contributed by atoms with Crippen molar-refractivity contribution in [2.24, 2.45) is 0 Å². The molecule has 1 heterocycles. The SMILES string of the molecule is Cc1ccccc1-c1cccc2c(N3c4ccc(Br)cc4N(c4ccccc4)P3c3ccccc3)ccc(C)c12. The second kappa shape index (κ2) is 10.2. The first-order valence-corrected chi connectivity index (χ1v) is 15.5. The Balaban J connectivity index is 1.53. The molecule has 6 aromatic carbocycles. The molecule has 1 unspecified atom stereocenters. The van der Waals surface area contributed by atoms with Crippen LogP contribution in [0.3, 0.4) is 0 Å². The molecule has 6 aromatic rings. The summed E-state index contributed by atoms with van der Waals surface area (Å²) in [7, 11) is -0.966. The number of hydrogen-bond acceptors (Lipinski definition) is 2. The first-order valence-electron chi connectivity index (χ1n) is 13.5. The van der Waals surface area contributed by atoms with Gasteiger partial charge in [-0.25, -0.2) is 0 Å². The average molecular weight is 600 g/mol. The van der Waals surface area contributed by atoms with Gasteiger partial charge in [-0.3, -0.25) is 9.34 Å². The number of rotatable bonds is 4. The van der Waals surface area contributed by atoms with E-state index in [0.29, 0.717) is 0 Å². The number of halogens is 1. The third kappa shape index (κ3) is 4.13. The largest absolute Gasteiger partial charge is 0.296 e. The van der Waals surface area contributed by atoms with E-state index in [-0.39, 0.29) is 0 Å². The highest BCUT2D eigenvalue weighted by Gasteiger charge is 2.40. The van der Waals surface area contributed by atoms with E-state index in [9.17, 15) is 0 Å². The molecule has 4 heteroatoms. The fraction of sp³-hybridized carbons (Fsp3) is 0.0556. The summed E-state index contributed by atoms with van der Waals surface area (Å²) in [6.07, 6.45) is 0. The highest BCUT2D eigenvalue weighted by molar-refractivity contribution is 9.10. The highest BCUT2D eigenvalue weighted by atomic mass is 79.9. The Morgan fingerprint density at radius 2 is 1.20 bits per heavy atom. The molecule has 2 nitrogen and oxygen atoms in total.